The minimum absolute atomic E-state index is 0. The van der Waals surface area contributed by atoms with Crippen molar-refractivity contribution in [2.45, 2.75) is 73.2 Å². The van der Waals surface area contributed by atoms with Crippen molar-refractivity contribution < 1.29 is 134 Å². The predicted molar refractivity (Wildman–Crippen MR) is 90.5 cm³/mol. The minimum Gasteiger partial charge on any atom is -0.544 e. The Morgan fingerprint density at radius 1 is 0.912 bits per heavy atom. The van der Waals surface area contributed by atoms with Gasteiger partial charge in [-0.1, -0.05) is 0 Å². The van der Waals surface area contributed by atoms with Gasteiger partial charge in [-0.15, -0.1) is 0 Å². The number of hydrogen-bond donors (Lipinski definition) is 7. The maximum absolute atomic E-state index is 11.9. The van der Waals surface area contributed by atoms with E-state index in [1.165, 1.54) is 0 Å². The first-order valence-corrected chi connectivity index (χ1v) is 9.51. The molecule has 0 unspecified atom stereocenters. The number of carbonyl (C=O) groups is 2. The molecule has 0 aromatic carbocycles. The summed E-state index contributed by atoms with van der Waals surface area (Å²) < 4.78 is 20.4. The number of carboxylic acid groups (broad SMARTS) is 2. The minimum atomic E-state index is -2.96. The van der Waals surface area contributed by atoms with Crippen LogP contribution in [-0.2, 0) is 28.5 Å². The molecule has 0 aromatic rings. The summed E-state index contributed by atoms with van der Waals surface area (Å²) >= 11 is 0. The summed E-state index contributed by atoms with van der Waals surface area (Å²) in [5, 5.41) is 92.5. The molecule has 2 heterocycles. The quantitative estimate of drug-likeness (QED) is 0.140. The van der Waals surface area contributed by atoms with E-state index < -0.39 is 98.4 Å². The van der Waals surface area contributed by atoms with Crippen molar-refractivity contribution in [3.8, 4) is 0 Å². The molecule has 0 spiro atoms. The molecule has 34 heavy (non-hydrogen) atoms. The van der Waals surface area contributed by atoms with Crippen molar-refractivity contribution in [2.75, 3.05) is 20.3 Å². The molecule has 0 aromatic heterocycles. The van der Waals surface area contributed by atoms with Crippen molar-refractivity contribution in [3.05, 3.63) is 0 Å². The van der Waals surface area contributed by atoms with Crippen LogP contribution < -0.4 is 69.3 Å². The number of carbonyl (C=O) groups excluding carboxylic acids is 2. The first kappa shape index (κ1) is 34.5. The number of ether oxygens (including phenoxy) is 4. The van der Waals surface area contributed by atoms with Crippen LogP contribution in [0.5, 0.6) is 0 Å². The van der Waals surface area contributed by atoms with Crippen LogP contribution in [0.3, 0.4) is 0 Å². The summed E-state index contributed by atoms with van der Waals surface area (Å²) in [7, 11) is 0.900. The average molecular weight is 516 g/mol. The van der Waals surface area contributed by atoms with Gasteiger partial charge in [-0.05, 0) is 0 Å². The molecule has 2 rings (SSSR count). The number of carboxylic acids is 2. The van der Waals surface area contributed by atoms with Gasteiger partial charge < -0.3 is 74.5 Å². The van der Waals surface area contributed by atoms with Crippen molar-refractivity contribution in [1.29, 1.82) is 0 Å². The van der Waals surface area contributed by atoms with Crippen molar-refractivity contribution in [1.82, 2.24) is 0 Å². The largest absolute Gasteiger partial charge is 1.00 e. The molecule has 10 atom stereocenters. The molecule has 0 saturated carbocycles. The fourth-order valence-electron chi connectivity index (χ4n) is 3.68. The second-order valence-corrected chi connectivity index (χ2v) is 7.57. The van der Waals surface area contributed by atoms with Gasteiger partial charge in [0, 0.05) is 20.0 Å². The molecule has 2 aliphatic rings. The summed E-state index contributed by atoms with van der Waals surface area (Å²) in [5.41, 5.74) is 0. The SMILES string of the molecule is CO[C@]1(C(=O)[O-])C[C@@H](O)[C@@H](O[C@]2(C(=O)[O-])C[C@@H](O)[C@@H](O)[C@@H]([C@H](O)CO)O2)[C@@H]([C@H](O)CO)O1.[Na+].[Na+]. The fraction of sp³-hybridized carbons (Fsp3) is 0.882. The first-order chi connectivity index (χ1) is 14.9. The van der Waals surface area contributed by atoms with E-state index in [9.17, 15) is 50.4 Å². The van der Waals surface area contributed by atoms with Crippen LogP contribution in [0.15, 0.2) is 0 Å². The molecule has 2 aliphatic heterocycles. The molecule has 0 amide bonds. The molecular formula is C17H26Na2O15. The zero-order valence-electron chi connectivity index (χ0n) is 18.8. The first-order valence-electron chi connectivity index (χ1n) is 9.51. The molecule has 17 heteroatoms. The van der Waals surface area contributed by atoms with E-state index in [4.69, 9.17) is 24.1 Å². The van der Waals surface area contributed by atoms with Gasteiger partial charge >= 0.3 is 59.1 Å². The Kier molecular flexibility index (Phi) is 14.1. The van der Waals surface area contributed by atoms with E-state index in [1.807, 2.05) is 0 Å². The molecular weight excluding hydrogens is 490 g/mol. The predicted octanol–water partition coefficient (Wildman–Crippen LogP) is -13.7. The number of methoxy groups -OCH3 is 1. The molecule has 0 aliphatic carbocycles. The molecule has 2 saturated heterocycles. The van der Waals surface area contributed by atoms with Crippen LogP contribution in [0.1, 0.15) is 12.8 Å². The number of hydrogen-bond acceptors (Lipinski definition) is 15. The Bertz CT molecular complexity index is 685. The summed E-state index contributed by atoms with van der Waals surface area (Å²) in [4.78, 5) is 23.5. The Morgan fingerprint density at radius 2 is 1.35 bits per heavy atom. The van der Waals surface area contributed by atoms with E-state index in [1.54, 1.807) is 0 Å². The number of rotatable bonds is 9. The fourth-order valence-corrected chi connectivity index (χ4v) is 3.68. The monoisotopic (exact) mass is 516 g/mol. The van der Waals surface area contributed by atoms with Gasteiger partial charge in [0.25, 0.3) is 0 Å². The zero-order chi connectivity index (χ0) is 24.4. The van der Waals surface area contributed by atoms with Crippen LogP contribution in [-0.4, -0.2) is 128 Å². The van der Waals surface area contributed by atoms with E-state index in [0.717, 1.165) is 7.11 Å². The maximum Gasteiger partial charge on any atom is 1.00 e. The molecule has 0 bridgehead atoms. The van der Waals surface area contributed by atoms with E-state index in [-0.39, 0.29) is 59.1 Å². The summed E-state index contributed by atoms with van der Waals surface area (Å²) in [6, 6.07) is 0. The van der Waals surface area contributed by atoms with Gasteiger partial charge in [0.15, 0.2) is 0 Å². The number of aliphatic carboxylic acids is 2. The standard InChI is InChI=1S/C17H28O15.2Na/c1-29-16(14(25)26)3-7(21)12(13(31-16)9(23)5-19)32-17(15(27)28)2-6(20)10(24)11(30-17)8(22)4-18;;/h6-13,18-24H,2-5H2,1H3,(H,25,26)(H,27,28);;/q;2*+1/p-2/t6-,7-,8-,9-,10-,11-,12-,13-,16-,17+;;/m1../s1. The Hall–Kier alpha value is 0.500. The van der Waals surface area contributed by atoms with Gasteiger partial charge in [-0.2, -0.15) is 0 Å². The molecule has 2 fully saturated rings. The molecule has 15 nitrogen and oxygen atoms in total. The van der Waals surface area contributed by atoms with Gasteiger partial charge in [-0.25, -0.2) is 0 Å². The second-order valence-electron chi connectivity index (χ2n) is 7.57. The number of aliphatic hydroxyl groups excluding tert-OH is 7. The van der Waals surface area contributed by atoms with Crippen LogP contribution in [0.4, 0.5) is 0 Å². The van der Waals surface area contributed by atoms with Crippen LogP contribution in [0.25, 0.3) is 0 Å². The van der Waals surface area contributed by atoms with Crippen LogP contribution >= 0.6 is 0 Å². The third-order valence-corrected chi connectivity index (χ3v) is 5.45. The Balaban J connectivity index is 0.00000544. The van der Waals surface area contributed by atoms with Gasteiger partial charge in [0.2, 0.25) is 11.6 Å². The maximum atomic E-state index is 11.9. The van der Waals surface area contributed by atoms with E-state index in [0.29, 0.717) is 0 Å². The van der Waals surface area contributed by atoms with Crippen LogP contribution in [0.2, 0.25) is 0 Å². The Labute approximate surface area is 237 Å². The number of aliphatic hydroxyl groups is 7. The summed E-state index contributed by atoms with van der Waals surface area (Å²) in [6.07, 6.45) is -17.0. The van der Waals surface area contributed by atoms with Crippen molar-refractivity contribution >= 4 is 11.9 Å². The third kappa shape index (κ3) is 6.87. The van der Waals surface area contributed by atoms with Crippen molar-refractivity contribution in [3.63, 3.8) is 0 Å². The van der Waals surface area contributed by atoms with Crippen LogP contribution in [0, 0.1) is 0 Å². The second kappa shape index (κ2) is 13.9. The normalized spacial score (nSPS) is 39.8. The smallest absolute Gasteiger partial charge is 0.544 e. The van der Waals surface area contributed by atoms with Gasteiger partial charge in [-0.3, -0.25) is 0 Å². The topological polar surface area (TPSA) is 259 Å². The summed E-state index contributed by atoms with van der Waals surface area (Å²) in [6.45, 7) is -2.04. The van der Waals surface area contributed by atoms with Gasteiger partial charge in [0.05, 0.1) is 25.4 Å². The molecule has 186 valence electrons. The zero-order valence-corrected chi connectivity index (χ0v) is 22.8. The third-order valence-electron chi connectivity index (χ3n) is 5.45. The Morgan fingerprint density at radius 3 is 1.79 bits per heavy atom. The molecule has 0 radical (unpaired) electrons. The van der Waals surface area contributed by atoms with E-state index >= 15 is 0 Å². The summed E-state index contributed by atoms with van der Waals surface area (Å²) in [5.74, 6) is -9.63. The molecule has 7 N–H and O–H groups in total. The van der Waals surface area contributed by atoms with Gasteiger partial charge in [0.1, 0.15) is 48.6 Å². The van der Waals surface area contributed by atoms with Crippen molar-refractivity contribution in [2.24, 2.45) is 0 Å². The van der Waals surface area contributed by atoms with E-state index in [2.05, 4.69) is 0 Å². The average Bonchev–Trinajstić information content (AvgIpc) is 2.75.